The van der Waals surface area contributed by atoms with E-state index in [1.54, 1.807) is 18.2 Å². The SMILES string of the molecule is CC(C)Cc1nc(Cc2ccccc2F)sc1C(=O)O. The zero-order chi connectivity index (χ0) is 14.7. The molecule has 1 aromatic heterocycles. The van der Waals surface area contributed by atoms with Crippen LogP contribution in [0.3, 0.4) is 0 Å². The van der Waals surface area contributed by atoms with Gasteiger partial charge in [0.25, 0.3) is 0 Å². The molecule has 0 saturated carbocycles. The molecule has 0 amide bonds. The van der Waals surface area contributed by atoms with Crippen molar-refractivity contribution >= 4 is 17.3 Å². The van der Waals surface area contributed by atoms with Crippen molar-refractivity contribution < 1.29 is 14.3 Å². The molecule has 3 nitrogen and oxygen atoms in total. The van der Waals surface area contributed by atoms with Crippen LogP contribution in [0.25, 0.3) is 0 Å². The lowest BCUT2D eigenvalue weighted by Crippen LogP contribution is -2.02. The number of carboxylic acid groups (broad SMARTS) is 1. The Bertz CT molecular complexity index is 622. The summed E-state index contributed by atoms with van der Waals surface area (Å²) in [6.45, 7) is 4.03. The highest BCUT2D eigenvalue weighted by Crippen LogP contribution is 2.24. The molecule has 0 spiro atoms. The Hall–Kier alpha value is -1.75. The first-order valence-corrected chi connectivity index (χ1v) is 7.24. The van der Waals surface area contributed by atoms with Crippen molar-refractivity contribution in [3.63, 3.8) is 0 Å². The van der Waals surface area contributed by atoms with Gasteiger partial charge >= 0.3 is 5.97 Å². The van der Waals surface area contributed by atoms with E-state index in [4.69, 9.17) is 0 Å². The van der Waals surface area contributed by atoms with E-state index in [-0.39, 0.29) is 10.7 Å². The standard InChI is InChI=1S/C15H16FNO2S/c1-9(2)7-12-14(15(18)19)20-13(17-12)8-10-5-3-4-6-11(10)16/h3-6,9H,7-8H2,1-2H3,(H,18,19). The Morgan fingerprint density at radius 3 is 2.70 bits per heavy atom. The predicted octanol–water partition coefficient (Wildman–Crippen LogP) is 3.77. The molecule has 0 bridgehead atoms. The number of benzene rings is 1. The zero-order valence-electron chi connectivity index (χ0n) is 11.4. The van der Waals surface area contributed by atoms with Crippen LogP contribution in [0.4, 0.5) is 4.39 Å². The number of carboxylic acids is 1. The molecular weight excluding hydrogens is 277 g/mol. The van der Waals surface area contributed by atoms with Gasteiger partial charge in [0.2, 0.25) is 0 Å². The second-order valence-corrected chi connectivity index (χ2v) is 6.14. The molecular formula is C15H16FNO2S. The number of hydrogen-bond donors (Lipinski definition) is 1. The molecule has 0 aliphatic carbocycles. The van der Waals surface area contributed by atoms with E-state index in [0.29, 0.717) is 35.0 Å². The van der Waals surface area contributed by atoms with Crippen molar-refractivity contribution in [2.75, 3.05) is 0 Å². The summed E-state index contributed by atoms with van der Waals surface area (Å²) in [5.74, 6) is -0.917. The van der Waals surface area contributed by atoms with Gasteiger partial charge in [-0.25, -0.2) is 14.2 Å². The van der Waals surface area contributed by atoms with Gasteiger partial charge in [0.1, 0.15) is 10.7 Å². The highest BCUT2D eigenvalue weighted by atomic mass is 32.1. The largest absolute Gasteiger partial charge is 0.477 e. The van der Waals surface area contributed by atoms with Crippen LogP contribution >= 0.6 is 11.3 Å². The smallest absolute Gasteiger partial charge is 0.347 e. The summed E-state index contributed by atoms with van der Waals surface area (Å²) in [6.07, 6.45) is 0.950. The Kier molecular flexibility index (Phi) is 4.49. The second-order valence-electron chi connectivity index (χ2n) is 5.05. The molecule has 2 rings (SSSR count). The topological polar surface area (TPSA) is 50.2 Å². The van der Waals surface area contributed by atoms with Crippen molar-refractivity contribution in [3.05, 3.63) is 51.2 Å². The van der Waals surface area contributed by atoms with Crippen LogP contribution in [-0.4, -0.2) is 16.1 Å². The normalized spacial score (nSPS) is 11.0. The quantitative estimate of drug-likeness (QED) is 0.913. The summed E-state index contributed by atoms with van der Waals surface area (Å²) < 4.78 is 13.6. The lowest BCUT2D eigenvalue weighted by atomic mass is 10.1. The van der Waals surface area contributed by atoms with Gasteiger partial charge in [0.15, 0.2) is 0 Å². The summed E-state index contributed by atoms with van der Waals surface area (Å²) in [6, 6.07) is 6.49. The van der Waals surface area contributed by atoms with E-state index in [0.717, 1.165) is 11.3 Å². The number of nitrogens with zero attached hydrogens (tertiary/aromatic N) is 1. The monoisotopic (exact) mass is 293 g/mol. The average molecular weight is 293 g/mol. The maximum atomic E-state index is 13.6. The molecule has 5 heteroatoms. The van der Waals surface area contributed by atoms with E-state index in [1.807, 2.05) is 13.8 Å². The first-order chi connectivity index (χ1) is 9.47. The van der Waals surface area contributed by atoms with Gasteiger partial charge in [0.05, 0.1) is 10.7 Å². The van der Waals surface area contributed by atoms with Crippen LogP contribution in [0.5, 0.6) is 0 Å². The fourth-order valence-electron chi connectivity index (χ4n) is 1.97. The van der Waals surface area contributed by atoms with E-state index in [1.165, 1.54) is 6.07 Å². The van der Waals surface area contributed by atoms with Gasteiger partial charge < -0.3 is 5.11 Å². The van der Waals surface area contributed by atoms with Crippen molar-refractivity contribution in [3.8, 4) is 0 Å². The van der Waals surface area contributed by atoms with Gasteiger partial charge in [-0.1, -0.05) is 32.0 Å². The van der Waals surface area contributed by atoms with E-state index in [9.17, 15) is 14.3 Å². The Labute approximate surface area is 121 Å². The number of rotatable bonds is 5. The van der Waals surface area contributed by atoms with Crippen molar-refractivity contribution in [2.24, 2.45) is 5.92 Å². The number of aromatic nitrogens is 1. The van der Waals surface area contributed by atoms with E-state index in [2.05, 4.69) is 4.98 Å². The van der Waals surface area contributed by atoms with E-state index < -0.39 is 5.97 Å². The highest BCUT2D eigenvalue weighted by Gasteiger charge is 2.18. The predicted molar refractivity (Wildman–Crippen MR) is 76.8 cm³/mol. The Morgan fingerprint density at radius 1 is 1.40 bits per heavy atom. The third-order valence-corrected chi connectivity index (χ3v) is 3.92. The summed E-state index contributed by atoms with van der Waals surface area (Å²) in [5.41, 5.74) is 1.14. The molecule has 1 heterocycles. The number of hydrogen-bond acceptors (Lipinski definition) is 3. The summed E-state index contributed by atoms with van der Waals surface area (Å²) >= 11 is 1.14. The second kappa shape index (κ2) is 6.13. The molecule has 0 aliphatic heterocycles. The molecule has 1 aromatic carbocycles. The number of carbonyl (C=O) groups is 1. The van der Waals surface area contributed by atoms with Gasteiger partial charge in [-0.2, -0.15) is 0 Å². The first kappa shape index (κ1) is 14.7. The van der Waals surface area contributed by atoms with Crippen LogP contribution in [0.2, 0.25) is 0 Å². The molecule has 0 unspecified atom stereocenters. The lowest BCUT2D eigenvalue weighted by Gasteiger charge is -2.01. The van der Waals surface area contributed by atoms with Crippen molar-refractivity contribution in [1.82, 2.24) is 4.98 Å². The minimum Gasteiger partial charge on any atom is -0.477 e. The van der Waals surface area contributed by atoms with Gasteiger partial charge in [-0.15, -0.1) is 11.3 Å². The fraction of sp³-hybridized carbons (Fsp3) is 0.333. The third kappa shape index (κ3) is 3.42. The van der Waals surface area contributed by atoms with Crippen LogP contribution in [0.1, 0.15) is 39.8 Å². The number of halogens is 1. The van der Waals surface area contributed by atoms with Crippen LogP contribution < -0.4 is 0 Å². The zero-order valence-corrected chi connectivity index (χ0v) is 12.2. The lowest BCUT2D eigenvalue weighted by molar-refractivity contribution is 0.0700. The third-order valence-electron chi connectivity index (χ3n) is 2.84. The van der Waals surface area contributed by atoms with Crippen LogP contribution in [0, 0.1) is 11.7 Å². The molecule has 0 aliphatic rings. The molecule has 20 heavy (non-hydrogen) atoms. The Balaban J connectivity index is 2.29. The number of thiazole rings is 1. The minimum atomic E-state index is -0.960. The Morgan fingerprint density at radius 2 is 2.10 bits per heavy atom. The summed E-state index contributed by atoms with van der Waals surface area (Å²) in [5, 5.41) is 9.85. The maximum Gasteiger partial charge on any atom is 0.347 e. The summed E-state index contributed by atoms with van der Waals surface area (Å²) in [7, 11) is 0. The van der Waals surface area contributed by atoms with Crippen LogP contribution in [0.15, 0.2) is 24.3 Å². The average Bonchev–Trinajstić information content (AvgIpc) is 2.74. The molecule has 0 saturated heterocycles. The van der Waals surface area contributed by atoms with Gasteiger partial charge in [0, 0.05) is 6.42 Å². The fourth-order valence-corrected chi connectivity index (χ4v) is 2.93. The molecule has 1 N–H and O–H groups in total. The molecule has 106 valence electrons. The molecule has 0 atom stereocenters. The highest BCUT2D eigenvalue weighted by molar-refractivity contribution is 7.13. The number of aromatic carboxylic acids is 1. The molecule has 2 aromatic rings. The molecule has 0 fully saturated rings. The van der Waals surface area contributed by atoms with Crippen molar-refractivity contribution in [2.45, 2.75) is 26.7 Å². The van der Waals surface area contributed by atoms with Crippen LogP contribution in [-0.2, 0) is 12.8 Å². The minimum absolute atomic E-state index is 0.269. The van der Waals surface area contributed by atoms with Crippen molar-refractivity contribution in [1.29, 1.82) is 0 Å². The van der Waals surface area contributed by atoms with Gasteiger partial charge in [-0.05, 0) is 24.0 Å². The molecule has 0 radical (unpaired) electrons. The maximum absolute atomic E-state index is 13.6. The van der Waals surface area contributed by atoms with E-state index >= 15 is 0 Å². The van der Waals surface area contributed by atoms with Gasteiger partial charge in [-0.3, -0.25) is 0 Å². The summed E-state index contributed by atoms with van der Waals surface area (Å²) in [4.78, 5) is 15.9. The first-order valence-electron chi connectivity index (χ1n) is 6.42.